The summed E-state index contributed by atoms with van der Waals surface area (Å²) in [6.07, 6.45) is 0. The number of H-pyrrole nitrogens is 1. The molecule has 3 nitrogen and oxygen atoms in total. The average Bonchev–Trinajstić information content (AvgIpc) is 2.86. The van der Waals surface area contributed by atoms with Crippen LogP contribution < -0.4 is 0 Å². The lowest BCUT2D eigenvalue weighted by atomic mass is 10.3. The predicted octanol–water partition coefficient (Wildman–Crippen LogP) is 4.17. The Balaban J connectivity index is 2.13. The molecule has 0 aliphatic heterocycles. The van der Waals surface area contributed by atoms with E-state index in [2.05, 4.69) is 15.3 Å². The number of thiazole rings is 1. The van der Waals surface area contributed by atoms with E-state index in [1.165, 1.54) is 0 Å². The van der Waals surface area contributed by atoms with Gasteiger partial charge in [-0.1, -0.05) is 11.6 Å². The van der Waals surface area contributed by atoms with Crippen LogP contribution in [0.5, 0.6) is 0 Å². The smallest absolute Gasteiger partial charge is 0.178 e. The molecule has 0 saturated carbocycles. The van der Waals surface area contributed by atoms with Crippen LogP contribution in [0.2, 0.25) is 5.02 Å². The number of nitrogens with one attached hydrogen (secondary N) is 1. The number of benzene rings is 1. The number of hydrogen-bond acceptors (Lipinski definition) is 3. The Bertz CT molecular complexity index is 769. The van der Waals surface area contributed by atoms with Crippen molar-refractivity contribution in [2.45, 2.75) is 13.5 Å². The molecule has 0 fully saturated rings. The fraction of sp³-hybridized carbons (Fsp3) is 0.167. The van der Waals surface area contributed by atoms with E-state index >= 15 is 0 Å². The van der Waals surface area contributed by atoms with Gasteiger partial charge < -0.3 is 9.55 Å². The molecule has 0 aliphatic carbocycles. The zero-order valence-electron chi connectivity index (χ0n) is 9.61. The quantitative estimate of drug-likeness (QED) is 0.720. The topological polar surface area (TPSA) is 33.6 Å². The normalized spacial score (nSPS) is 11.2. The van der Waals surface area contributed by atoms with E-state index in [0.29, 0.717) is 16.3 Å². The molecule has 0 spiro atoms. The Morgan fingerprint density at radius 3 is 3.06 bits per heavy atom. The van der Waals surface area contributed by atoms with Crippen molar-refractivity contribution in [3.63, 3.8) is 0 Å². The summed E-state index contributed by atoms with van der Waals surface area (Å²) >= 11 is 13.0. The number of imidazole rings is 1. The summed E-state index contributed by atoms with van der Waals surface area (Å²) in [5.41, 5.74) is 3.03. The highest BCUT2D eigenvalue weighted by Gasteiger charge is 2.07. The molecule has 2 heterocycles. The van der Waals surface area contributed by atoms with Crippen molar-refractivity contribution < 1.29 is 0 Å². The first kappa shape index (κ1) is 11.9. The lowest BCUT2D eigenvalue weighted by molar-refractivity contribution is 0.789. The zero-order chi connectivity index (χ0) is 12.7. The predicted molar refractivity (Wildman–Crippen MR) is 78.1 cm³/mol. The highest BCUT2D eigenvalue weighted by molar-refractivity contribution is 7.71. The molecule has 3 rings (SSSR count). The van der Waals surface area contributed by atoms with Crippen LogP contribution in [0.25, 0.3) is 11.0 Å². The first-order valence-corrected chi connectivity index (χ1v) is 7.09. The summed E-state index contributed by atoms with van der Waals surface area (Å²) in [4.78, 5) is 7.64. The third-order valence-corrected chi connectivity index (χ3v) is 4.10. The molecule has 92 valence electrons. The third-order valence-electron chi connectivity index (χ3n) is 2.72. The number of rotatable bonds is 2. The van der Waals surface area contributed by atoms with Crippen LogP contribution in [0.3, 0.4) is 0 Å². The molecule has 1 aromatic carbocycles. The first-order valence-electron chi connectivity index (χ1n) is 5.42. The average molecular weight is 296 g/mol. The van der Waals surface area contributed by atoms with Gasteiger partial charge in [0.1, 0.15) is 0 Å². The van der Waals surface area contributed by atoms with E-state index in [1.807, 2.05) is 29.7 Å². The van der Waals surface area contributed by atoms with Crippen molar-refractivity contribution >= 4 is 46.2 Å². The Kier molecular flexibility index (Phi) is 2.97. The van der Waals surface area contributed by atoms with E-state index < -0.39 is 0 Å². The van der Waals surface area contributed by atoms with Crippen LogP contribution in [-0.4, -0.2) is 14.5 Å². The van der Waals surface area contributed by atoms with Crippen molar-refractivity contribution in [2.75, 3.05) is 0 Å². The first-order chi connectivity index (χ1) is 8.63. The maximum Gasteiger partial charge on any atom is 0.178 e. The number of fused-ring (bicyclic) bond motifs is 1. The van der Waals surface area contributed by atoms with Gasteiger partial charge in [0, 0.05) is 10.4 Å². The maximum atomic E-state index is 6.03. The monoisotopic (exact) mass is 295 g/mol. The van der Waals surface area contributed by atoms with Crippen LogP contribution in [0.4, 0.5) is 0 Å². The molecule has 3 aromatic rings. The van der Waals surface area contributed by atoms with Crippen LogP contribution in [0, 0.1) is 11.7 Å². The number of aryl methyl sites for hydroxylation is 1. The Labute approximate surface area is 118 Å². The van der Waals surface area contributed by atoms with Gasteiger partial charge in [0.25, 0.3) is 0 Å². The number of halogens is 1. The van der Waals surface area contributed by atoms with Gasteiger partial charge in [-0.3, -0.25) is 0 Å². The molecular weight excluding hydrogens is 286 g/mol. The molecule has 0 aliphatic rings. The number of nitrogens with zero attached hydrogens (tertiary/aromatic N) is 2. The molecule has 0 bridgehead atoms. The van der Waals surface area contributed by atoms with Gasteiger partial charge in [0.15, 0.2) is 4.77 Å². The van der Waals surface area contributed by atoms with Gasteiger partial charge in [-0.25, -0.2) is 4.98 Å². The summed E-state index contributed by atoms with van der Waals surface area (Å²) < 4.78 is 2.71. The maximum absolute atomic E-state index is 6.03. The van der Waals surface area contributed by atoms with Crippen LogP contribution >= 0.6 is 35.2 Å². The number of aromatic nitrogens is 3. The molecule has 0 amide bonds. The molecular formula is C12H10ClN3S2. The van der Waals surface area contributed by atoms with Gasteiger partial charge in [-0.2, -0.15) is 0 Å². The van der Waals surface area contributed by atoms with Crippen molar-refractivity contribution in [2.24, 2.45) is 0 Å². The molecule has 0 atom stereocenters. The standard InChI is InChI=1S/C12H10ClN3S2/c1-7-14-9(6-18-7)5-16-11-4-8(13)2-3-10(11)15-12(16)17/h2-4,6H,5H2,1H3,(H,15,17). The molecule has 2 aromatic heterocycles. The SMILES string of the molecule is Cc1nc(Cn2c(=S)[nH]c3ccc(Cl)cc32)cs1. The lowest BCUT2D eigenvalue weighted by Crippen LogP contribution is -1.99. The Morgan fingerprint density at radius 1 is 1.50 bits per heavy atom. The Morgan fingerprint density at radius 2 is 2.33 bits per heavy atom. The van der Waals surface area contributed by atoms with Crippen molar-refractivity contribution in [1.29, 1.82) is 0 Å². The third kappa shape index (κ3) is 2.09. The largest absolute Gasteiger partial charge is 0.331 e. The highest BCUT2D eigenvalue weighted by Crippen LogP contribution is 2.20. The lowest BCUT2D eigenvalue weighted by Gasteiger charge is -2.02. The van der Waals surface area contributed by atoms with Crippen molar-refractivity contribution in [3.05, 3.63) is 44.1 Å². The second kappa shape index (κ2) is 4.50. The van der Waals surface area contributed by atoms with E-state index in [9.17, 15) is 0 Å². The second-order valence-electron chi connectivity index (χ2n) is 4.04. The van der Waals surface area contributed by atoms with Crippen molar-refractivity contribution in [1.82, 2.24) is 14.5 Å². The van der Waals surface area contributed by atoms with Gasteiger partial charge in [0.05, 0.1) is 28.3 Å². The van der Waals surface area contributed by atoms with E-state index in [0.717, 1.165) is 21.7 Å². The fourth-order valence-corrected chi connectivity index (χ4v) is 2.97. The molecule has 18 heavy (non-hydrogen) atoms. The molecule has 6 heteroatoms. The summed E-state index contributed by atoms with van der Waals surface area (Å²) in [5, 5.41) is 3.83. The molecule has 0 saturated heterocycles. The second-order valence-corrected chi connectivity index (χ2v) is 5.92. The Hall–Kier alpha value is -1.17. The fourth-order valence-electron chi connectivity index (χ4n) is 1.93. The minimum atomic E-state index is 0.670. The minimum Gasteiger partial charge on any atom is -0.331 e. The van der Waals surface area contributed by atoms with E-state index in [-0.39, 0.29) is 0 Å². The van der Waals surface area contributed by atoms with Gasteiger partial charge in [-0.15, -0.1) is 11.3 Å². The highest BCUT2D eigenvalue weighted by atomic mass is 35.5. The number of aromatic amines is 1. The van der Waals surface area contributed by atoms with Crippen molar-refractivity contribution in [3.8, 4) is 0 Å². The van der Waals surface area contributed by atoms with Gasteiger partial charge >= 0.3 is 0 Å². The van der Waals surface area contributed by atoms with E-state index in [4.69, 9.17) is 23.8 Å². The van der Waals surface area contributed by atoms with Crippen LogP contribution in [0.1, 0.15) is 10.7 Å². The van der Waals surface area contributed by atoms with E-state index in [1.54, 1.807) is 11.3 Å². The van der Waals surface area contributed by atoms with Gasteiger partial charge in [0.2, 0.25) is 0 Å². The van der Waals surface area contributed by atoms with Crippen LogP contribution in [-0.2, 0) is 6.54 Å². The molecule has 1 N–H and O–H groups in total. The summed E-state index contributed by atoms with van der Waals surface area (Å²) in [6, 6.07) is 5.71. The molecule has 0 unspecified atom stereocenters. The van der Waals surface area contributed by atoms with Crippen LogP contribution in [0.15, 0.2) is 23.6 Å². The summed E-state index contributed by atoms with van der Waals surface area (Å²) in [7, 11) is 0. The zero-order valence-corrected chi connectivity index (χ0v) is 12.0. The number of hydrogen-bond donors (Lipinski definition) is 1. The molecule has 0 radical (unpaired) electrons. The van der Waals surface area contributed by atoms with Gasteiger partial charge in [-0.05, 0) is 37.3 Å². The summed E-state index contributed by atoms with van der Waals surface area (Å²) in [5.74, 6) is 0. The minimum absolute atomic E-state index is 0.670. The summed E-state index contributed by atoms with van der Waals surface area (Å²) in [6.45, 7) is 2.67.